The molecule has 0 aromatic heterocycles. The molecule has 2 fully saturated rings. The molecule has 0 radical (unpaired) electrons. The molecule has 1 saturated carbocycles. The highest BCUT2D eigenvalue weighted by Gasteiger charge is 2.54. The Bertz CT molecular complexity index is 1180. The maximum atomic E-state index is 13.1. The van der Waals surface area contributed by atoms with Gasteiger partial charge in [-0.15, -0.1) is 0 Å². The Morgan fingerprint density at radius 3 is 1.92 bits per heavy atom. The van der Waals surface area contributed by atoms with E-state index in [0.717, 1.165) is 4.90 Å². The van der Waals surface area contributed by atoms with Crippen LogP contribution in [0.3, 0.4) is 0 Å². The van der Waals surface area contributed by atoms with Crippen LogP contribution in [0.1, 0.15) is 82.1 Å². The molecule has 50 heavy (non-hydrogen) atoms. The van der Waals surface area contributed by atoms with Crippen LogP contribution in [0.2, 0.25) is 0 Å². The number of aliphatic hydroxyl groups excluding tert-OH is 4. The Kier molecular flexibility index (Phi) is 14.3. The van der Waals surface area contributed by atoms with Gasteiger partial charge in [0, 0.05) is 13.6 Å². The first-order valence-electron chi connectivity index (χ1n) is 16.6. The van der Waals surface area contributed by atoms with Crippen molar-refractivity contribution in [2.45, 2.75) is 159 Å². The summed E-state index contributed by atoms with van der Waals surface area (Å²) in [6, 6.07) is -3.75. The molecule has 10 atom stereocenters. The van der Waals surface area contributed by atoms with Gasteiger partial charge in [0.25, 0.3) is 0 Å². The van der Waals surface area contributed by atoms with Crippen LogP contribution >= 0.6 is 0 Å². The molecule has 1 aliphatic carbocycles. The van der Waals surface area contributed by atoms with E-state index in [0.29, 0.717) is 0 Å². The number of hydrogen-bond acceptors (Lipinski definition) is 14. The van der Waals surface area contributed by atoms with Crippen molar-refractivity contribution in [3.63, 3.8) is 0 Å². The zero-order chi connectivity index (χ0) is 38.6. The number of likely N-dealkylation sites (N-methyl/N-ethyl adjacent to an activating group) is 1. The summed E-state index contributed by atoms with van der Waals surface area (Å²) in [6.07, 6.45) is -13.0. The fourth-order valence-corrected chi connectivity index (χ4v) is 5.49. The molecule has 1 aliphatic heterocycles. The van der Waals surface area contributed by atoms with E-state index in [1.54, 1.807) is 62.3 Å². The average molecular weight is 723 g/mol. The van der Waals surface area contributed by atoms with Crippen LogP contribution in [-0.4, -0.2) is 152 Å². The lowest BCUT2D eigenvalue weighted by atomic mass is 9.83. The second-order valence-corrected chi connectivity index (χ2v) is 16.0. The number of carbonyl (C=O) groups excluding carboxylic acids is 4. The Balaban J connectivity index is 2.30. The molecule has 18 nitrogen and oxygen atoms in total. The van der Waals surface area contributed by atoms with Gasteiger partial charge < -0.3 is 70.1 Å². The van der Waals surface area contributed by atoms with E-state index in [1.165, 1.54) is 14.0 Å². The fourth-order valence-electron chi connectivity index (χ4n) is 5.49. The quantitative estimate of drug-likeness (QED) is 0.144. The van der Waals surface area contributed by atoms with Gasteiger partial charge in [0.15, 0.2) is 6.29 Å². The van der Waals surface area contributed by atoms with Crippen molar-refractivity contribution in [1.82, 2.24) is 20.9 Å². The van der Waals surface area contributed by atoms with Crippen LogP contribution < -0.4 is 16.0 Å². The summed E-state index contributed by atoms with van der Waals surface area (Å²) in [6.45, 7) is 15.6. The van der Waals surface area contributed by atoms with Crippen molar-refractivity contribution < 1.29 is 68.4 Å². The smallest absolute Gasteiger partial charge is 0.410 e. The highest BCUT2D eigenvalue weighted by molar-refractivity contribution is 5.81. The molecular weight excluding hydrogens is 664 g/mol. The van der Waals surface area contributed by atoms with Crippen LogP contribution in [0.5, 0.6) is 0 Å². The van der Waals surface area contributed by atoms with E-state index in [2.05, 4.69) is 16.0 Å². The predicted molar refractivity (Wildman–Crippen MR) is 176 cm³/mol. The summed E-state index contributed by atoms with van der Waals surface area (Å²) in [5.74, 6) is -0.940. The van der Waals surface area contributed by atoms with Crippen LogP contribution in [-0.2, 0) is 28.5 Å². The molecular formula is C32H58N4O14. The van der Waals surface area contributed by atoms with Crippen molar-refractivity contribution in [2.75, 3.05) is 20.2 Å². The van der Waals surface area contributed by atoms with Gasteiger partial charge in [-0.2, -0.15) is 0 Å². The number of nitrogens with zero attached hydrogens (tertiary/aromatic N) is 1. The monoisotopic (exact) mass is 722 g/mol. The Hall–Kier alpha value is -3.00. The van der Waals surface area contributed by atoms with Gasteiger partial charge in [0.2, 0.25) is 5.91 Å². The first-order valence-corrected chi connectivity index (χ1v) is 16.6. The minimum atomic E-state index is -1.82. The van der Waals surface area contributed by atoms with Crippen LogP contribution in [0.25, 0.3) is 0 Å². The van der Waals surface area contributed by atoms with Gasteiger partial charge in [0.05, 0.1) is 24.7 Å². The molecule has 0 spiro atoms. The zero-order valence-electron chi connectivity index (χ0n) is 30.9. The van der Waals surface area contributed by atoms with E-state index in [-0.39, 0.29) is 19.4 Å². The minimum Gasteiger partial charge on any atom is -0.444 e. The third-order valence-electron chi connectivity index (χ3n) is 7.59. The van der Waals surface area contributed by atoms with E-state index in [9.17, 15) is 44.7 Å². The Labute approximate surface area is 293 Å². The number of rotatable bonds is 9. The molecule has 1 saturated heterocycles. The molecule has 8 N–H and O–H groups in total. The summed E-state index contributed by atoms with van der Waals surface area (Å²) in [7, 11) is 1.31. The van der Waals surface area contributed by atoms with Gasteiger partial charge in [0.1, 0.15) is 52.9 Å². The van der Waals surface area contributed by atoms with Gasteiger partial charge >= 0.3 is 18.3 Å². The molecule has 2 rings (SSSR count). The van der Waals surface area contributed by atoms with Crippen LogP contribution in [0.15, 0.2) is 0 Å². The average Bonchev–Trinajstić information content (AvgIpc) is 2.91. The van der Waals surface area contributed by atoms with Gasteiger partial charge in [-0.25, -0.2) is 14.4 Å². The number of ether oxygens (including phenoxy) is 5. The third-order valence-corrected chi connectivity index (χ3v) is 7.59. The lowest BCUT2D eigenvalue weighted by molar-refractivity contribution is -0.305. The summed E-state index contributed by atoms with van der Waals surface area (Å²) >= 11 is 0. The SMILES string of the molecule is CN(C(=O)OC(C)(C)C)[C@@H]1[C@@H](O)[C@@H](O[C@@H]2[C@@H](O)[C@H](O)[C@@H](NC(=O)OC(C)(C)C)C[C@H]2NC(=O)[C@@H](O)CCNC(=O)OC(C)(C)C)OC[C@]1(C)O. The molecule has 0 bridgehead atoms. The number of hydrogen-bond donors (Lipinski definition) is 8. The van der Waals surface area contributed by atoms with E-state index in [4.69, 9.17) is 23.7 Å². The zero-order valence-corrected chi connectivity index (χ0v) is 30.9. The minimum absolute atomic E-state index is 0.132. The van der Waals surface area contributed by atoms with Gasteiger partial charge in [-0.3, -0.25) is 4.79 Å². The van der Waals surface area contributed by atoms with Crippen molar-refractivity contribution in [1.29, 1.82) is 0 Å². The van der Waals surface area contributed by atoms with Crippen molar-refractivity contribution in [3.05, 3.63) is 0 Å². The molecule has 0 unspecified atom stereocenters. The first-order chi connectivity index (χ1) is 22.6. The van der Waals surface area contributed by atoms with E-state index in [1.807, 2.05) is 0 Å². The number of aliphatic hydroxyl groups is 5. The van der Waals surface area contributed by atoms with Crippen LogP contribution in [0, 0.1) is 0 Å². The molecule has 290 valence electrons. The van der Waals surface area contributed by atoms with Crippen molar-refractivity contribution >= 4 is 24.2 Å². The van der Waals surface area contributed by atoms with Gasteiger partial charge in [-0.05, 0) is 82.1 Å². The Morgan fingerprint density at radius 2 is 1.38 bits per heavy atom. The van der Waals surface area contributed by atoms with Crippen LogP contribution in [0.4, 0.5) is 14.4 Å². The lowest BCUT2D eigenvalue weighted by Gasteiger charge is -2.50. The second-order valence-electron chi connectivity index (χ2n) is 16.0. The third kappa shape index (κ3) is 13.0. The maximum absolute atomic E-state index is 13.1. The van der Waals surface area contributed by atoms with Gasteiger partial charge in [-0.1, -0.05) is 0 Å². The molecule has 2 aliphatic rings. The maximum Gasteiger partial charge on any atom is 0.410 e. The lowest BCUT2D eigenvalue weighted by Crippen LogP contribution is -2.70. The van der Waals surface area contributed by atoms with Crippen molar-refractivity contribution in [3.8, 4) is 0 Å². The Morgan fingerprint density at radius 1 is 0.840 bits per heavy atom. The highest BCUT2D eigenvalue weighted by atomic mass is 16.7. The topological polar surface area (TPSA) is 255 Å². The number of amides is 4. The predicted octanol–water partition coefficient (Wildman–Crippen LogP) is -0.145. The molecule has 0 aromatic carbocycles. The second kappa shape index (κ2) is 16.6. The van der Waals surface area contributed by atoms with E-state index >= 15 is 0 Å². The summed E-state index contributed by atoms with van der Waals surface area (Å²) < 4.78 is 27.4. The van der Waals surface area contributed by atoms with E-state index < -0.39 is 108 Å². The largest absolute Gasteiger partial charge is 0.444 e. The normalized spacial score (nSPS) is 31.1. The molecule has 18 heteroatoms. The first kappa shape index (κ1) is 43.2. The summed E-state index contributed by atoms with van der Waals surface area (Å²) in [5, 5.41) is 62.8. The molecule has 0 aromatic rings. The highest BCUT2D eigenvalue weighted by Crippen LogP contribution is 2.33. The summed E-state index contributed by atoms with van der Waals surface area (Å²) in [4.78, 5) is 51.6. The fraction of sp³-hybridized carbons (Fsp3) is 0.875. The molecule has 1 heterocycles. The standard InChI is InChI=1S/C32H58N4O14/c1-29(2,3)48-26(42)33-13-12-18(37)24(41)34-17-14-16(35-27(43)49-30(4,5)6)19(38)20(39)22(17)47-25-21(40)23(32(10,45)15-46-25)36(11)28(44)50-31(7,8)9/h16-23,25,37-40,45H,12-15H2,1-11H3,(H,33,42)(H,34,41)(H,35,43)/t16-,17+,18-,19+,20-,21+,22-,23+,25+,32-/m0/s1. The number of alkyl carbamates (subject to hydrolysis) is 2. The number of carbonyl (C=O) groups is 4. The molecule has 4 amide bonds. The number of nitrogens with one attached hydrogen (secondary N) is 3. The van der Waals surface area contributed by atoms with Crippen molar-refractivity contribution in [2.24, 2.45) is 0 Å². The summed E-state index contributed by atoms with van der Waals surface area (Å²) in [5.41, 5.74) is -4.33.